The number of aliphatic hydroxyl groups is 5. The fourth-order valence-corrected chi connectivity index (χ4v) is 10.5. The Hall–Kier alpha value is -2.92. The quantitative estimate of drug-likeness (QED) is 0.118. The van der Waals surface area contributed by atoms with E-state index in [1.165, 1.54) is 14.0 Å². The van der Waals surface area contributed by atoms with Crippen molar-refractivity contribution in [3.05, 3.63) is 18.2 Å². The summed E-state index contributed by atoms with van der Waals surface area (Å²) in [6.45, 7) is 18.5. The zero-order chi connectivity index (χ0) is 49.8. The zero-order valence-corrected chi connectivity index (χ0v) is 42.0. The maximum Gasteiger partial charge on any atom is 0.319 e. The molecule has 1 aromatic carbocycles. The monoisotopic (exact) mass is 955 g/mol. The largest absolute Gasteiger partial charge is 0.459 e. The van der Waals surface area contributed by atoms with Crippen LogP contribution < -0.4 is 20.1 Å². The molecule has 4 aliphatic heterocycles. The maximum absolute atomic E-state index is 14.5. The number of cyclic esters (lactones) is 1. The van der Waals surface area contributed by atoms with Crippen molar-refractivity contribution in [3.8, 4) is 11.5 Å². The minimum absolute atomic E-state index is 0.0950. The molecule has 5 rings (SSSR count). The van der Waals surface area contributed by atoms with Gasteiger partial charge in [0.25, 0.3) is 0 Å². The van der Waals surface area contributed by atoms with Gasteiger partial charge in [0.1, 0.15) is 30.0 Å². The van der Waals surface area contributed by atoms with Crippen molar-refractivity contribution < 1.29 is 73.0 Å². The van der Waals surface area contributed by atoms with Crippen molar-refractivity contribution in [2.24, 2.45) is 17.8 Å². The second-order valence-electron chi connectivity index (χ2n) is 20.5. The Kier molecular flexibility index (Phi) is 18.8. The first-order valence-corrected chi connectivity index (χ1v) is 24.0. The van der Waals surface area contributed by atoms with E-state index in [2.05, 4.69) is 10.6 Å². The fraction of sp³-hybridized carbons (Fsp3) is 0.833. The molecule has 18 atom stereocenters. The summed E-state index contributed by atoms with van der Waals surface area (Å²) in [6.07, 6.45) is -8.69. The number of hydrogen-bond donors (Lipinski definition) is 7. The van der Waals surface area contributed by atoms with E-state index in [4.69, 9.17) is 37.9 Å². The Morgan fingerprint density at radius 1 is 0.955 bits per heavy atom. The number of fused-ring (bicyclic) bond motifs is 1. The summed E-state index contributed by atoms with van der Waals surface area (Å²) in [5.41, 5.74) is -4.13. The summed E-state index contributed by atoms with van der Waals surface area (Å²) in [5, 5.41) is 65.6. The summed E-state index contributed by atoms with van der Waals surface area (Å²) < 4.78 is 48.8. The Labute approximate surface area is 397 Å². The van der Waals surface area contributed by atoms with Crippen molar-refractivity contribution >= 4 is 17.7 Å². The smallest absolute Gasteiger partial charge is 0.319 e. The molecule has 0 bridgehead atoms. The molecule has 3 fully saturated rings. The fourth-order valence-electron chi connectivity index (χ4n) is 10.5. The third-order valence-electron chi connectivity index (χ3n) is 14.6. The third-order valence-corrected chi connectivity index (χ3v) is 14.6. The average molecular weight is 955 g/mol. The van der Waals surface area contributed by atoms with Gasteiger partial charge in [-0.2, -0.15) is 0 Å². The number of urea groups is 1. The first-order valence-electron chi connectivity index (χ1n) is 24.0. The SMILES string of the molecule is CC[C@H]1OC(=O)[C@H](C)[C@@H](O[C@H]2C[C@@](C)(OC)[C@@H](O)[C@H](C)O2)[C@H](C)[C@@H](O[C@@H]2O[C@H](C)C[C@H](N(C)C)[C@H]2O)[C@](C)(O)C[C@@H](C)CN(CCCNC(=O)Nc2ccc3c(c2)OCO3)[C@H](C)[C@@H](O)[C@]1(C)O. The van der Waals surface area contributed by atoms with Gasteiger partial charge >= 0.3 is 12.0 Å². The normalized spacial score (nSPS) is 41.5. The number of nitrogens with zero attached hydrogens (tertiary/aromatic N) is 2. The van der Waals surface area contributed by atoms with Crippen LogP contribution in [0, 0.1) is 17.8 Å². The predicted molar refractivity (Wildman–Crippen MR) is 247 cm³/mol. The van der Waals surface area contributed by atoms with Gasteiger partial charge in [-0.1, -0.05) is 20.8 Å². The molecule has 67 heavy (non-hydrogen) atoms. The standard InChI is InChI=1S/C48H82N4O15/c1-14-36-48(10,59)40(54)30(6)52(19-15-18-49-45(57)50-32-16-17-34-35(21-32)62-25-61-34)24-26(2)22-46(8,58)42(67-44-38(53)33(51(11)12)20-27(3)63-44)28(4)39(29(5)43(56)65-36)66-37-23-47(9,60-13)41(55)31(7)64-37/h16-17,21,26-31,33,36-42,44,53-55,58-59H,14-15,18-20,22-25H2,1-13H3,(H2,49,50,57)/t26-,27-,28+,29-,30-,31+,33+,36-,37+,38-,39+,40-,41+,42-,44+,46-,47-,48-/m1/s1. The molecule has 7 N–H and O–H groups in total. The lowest BCUT2D eigenvalue weighted by molar-refractivity contribution is -0.318. The number of amides is 2. The number of methoxy groups -OCH3 is 1. The molecule has 0 unspecified atom stereocenters. The predicted octanol–water partition coefficient (Wildman–Crippen LogP) is 3.21. The Morgan fingerprint density at radius 2 is 1.64 bits per heavy atom. The molecule has 0 aromatic heterocycles. The number of benzene rings is 1. The minimum Gasteiger partial charge on any atom is -0.459 e. The number of anilines is 1. The molecule has 3 saturated heterocycles. The Bertz CT molecular complexity index is 1770. The molecule has 19 nitrogen and oxygen atoms in total. The average Bonchev–Trinajstić information content (AvgIpc) is 3.74. The van der Waals surface area contributed by atoms with Crippen LogP contribution >= 0.6 is 0 Å². The molecule has 384 valence electrons. The molecule has 0 aliphatic carbocycles. The first kappa shape index (κ1) is 55.0. The second kappa shape index (κ2) is 22.9. The number of ether oxygens (including phenoxy) is 8. The lowest BCUT2D eigenvalue weighted by Crippen LogP contribution is -2.60. The number of hydrogen-bond acceptors (Lipinski definition) is 17. The van der Waals surface area contributed by atoms with Crippen LogP contribution in [-0.2, 0) is 33.2 Å². The van der Waals surface area contributed by atoms with Gasteiger partial charge in [-0.15, -0.1) is 0 Å². The molecule has 1 aromatic rings. The summed E-state index contributed by atoms with van der Waals surface area (Å²) in [5.74, 6) is -1.78. The number of nitrogens with one attached hydrogen (secondary N) is 2. The van der Waals surface area contributed by atoms with E-state index in [0.29, 0.717) is 43.1 Å². The van der Waals surface area contributed by atoms with Crippen LogP contribution in [0.25, 0.3) is 0 Å². The van der Waals surface area contributed by atoms with E-state index in [1.54, 1.807) is 66.7 Å². The van der Waals surface area contributed by atoms with E-state index in [-0.39, 0.29) is 50.7 Å². The van der Waals surface area contributed by atoms with E-state index in [0.717, 1.165) is 0 Å². The van der Waals surface area contributed by atoms with E-state index in [9.17, 15) is 35.1 Å². The Morgan fingerprint density at radius 3 is 2.30 bits per heavy atom. The van der Waals surface area contributed by atoms with Crippen molar-refractivity contribution in [3.63, 3.8) is 0 Å². The van der Waals surface area contributed by atoms with Gasteiger partial charge in [0.2, 0.25) is 6.79 Å². The lowest BCUT2D eigenvalue weighted by Gasteiger charge is -2.48. The van der Waals surface area contributed by atoms with Gasteiger partial charge in [-0.25, -0.2) is 4.79 Å². The van der Waals surface area contributed by atoms with Gasteiger partial charge in [0.05, 0.1) is 41.5 Å². The molecular weight excluding hydrogens is 873 g/mol. The highest BCUT2D eigenvalue weighted by Gasteiger charge is 2.53. The second-order valence-corrected chi connectivity index (χ2v) is 20.5. The molecule has 19 heteroatoms. The molecule has 0 saturated carbocycles. The number of esters is 1. The van der Waals surface area contributed by atoms with Gasteiger partial charge in [0.15, 0.2) is 24.1 Å². The lowest BCUT2D eigenvalue weighted by atomic mass is 9.77. The van der Waals surface area contributed by atoms with Crippen LogP contribution in [0.3, 0.4) is 0 Å². The molecule has 2 amide bonds. The zero-order valence-electron chi connectivity index (χ0n) is 42.0. The molecule has 4 heterocycles. The Balaban J connectivity index is 1.47. The van der Waals surface area contributed by atoms with Crippen molar-refractivity contribution in [2.75, 3.05) is 52.9 Å². The first-order chi connectivity index (χ1) is 31.3. The number of rotatable bonds is 12. The number of likely N-dealkylation sites (N-methyl/N-ethyl adjacent to an activating group) is 1. The molecule has 0 spiro atoms. The van der Waals surface area contributed by atoms with Crippen molar-refractivity contribution in [1.29, 1.82) is 0 Å². The maximum atomic E-state index is 14.5. The van der Waals surface area contributed by atoms with Gasteiger partial charge in [-0.3, -0.25) is 9.69 Å². The highest BCUT2D eigenvalue weighted by molar-refractivity contribution is 5.89. The highest BCUT2D eigenvalue weighted by Crippen LogP contribution is 2.41. The molecular formula is C48H82N4O15. The van der Waals surface area contributed by atoms with Gasteiger partial charge in [0, 0.05) is 62.9 Å². The van der Waals surface area contributed by atoms with Crippen LogP contribution in [0.15, 0.2) is 18.2 Å². The van der Waals surface area contributed by atoms with Gasteiger partial charge < -0.3 is 79.0 Å². The summed E-state index contributed by atoms with van der Waals surface area (Å²) in [6, 6.07) is 3.67. The van der Waals surface area contributed by atoms with Crippen molar-refractivity contribution in [2.45, 2.75) is 192 Å². The summed E-state index contributed by atoms with van der Waals surface area (Å²) in [4.78, 5) is 31.4. The summed E-state index contributed by atoms with van der Waals surface area (Å²) >= 11 is 0. The van der Waals surface area contributed by atoms with E-state index >= 15 is 0 Å². The van der Waals surface area contributed by atoms with Crippen LogP contribution in [0.5, 0.6) is 11.5 Å². The summed E-state index contributed by atoms with van der Waals surface area (Å²) in [7, 11) is 5.24. The minimum atomic E-state index is -1.93. The van der Waals surface area contributed by atoms with Crippen LogP contribution in [0.4, 0.5) is 10.5 Å². The van der Waals surface area contributed by atoms with Crippen LogP contribution in [0.2, 0.25) is 0 Å². The number of carbonyl (C=O) groups is 2. The van der Waals surface area contributed by atoms with Crippen LogP contribution in [-0.4, -0.2) is 185 Å². The van der Waals surface area contributed by atoms with Gasteiger partial charge in [-0.05, 0) is 106 Å². The topological polar surface area (TPSA) is 240 Å². The van der Waals surface area contributed by atoms with E-state index in [1.807, 2.05) is 37.7 Å². The molecule has 0 radical (unpaired) electrons. The van der Waals surface area contributed by atoms with Crippen molar-refractivity contribution in [1.82, 2.24) is 15.1 Å². The highest BCUT2D eigenvalue weighted by atomic mass is 16.7. The number of carbonyl (C=O) groups excluding carboxylic acids is 2. The van der Waals surface area contributed by atoms with E-state index < -0.39 is 102 Å². The number of aliphatic hydroxyl groups excluding tert-OH is 3. The third kappa shape index (κ3) is 13.1. The van der Waals surface area contributed by atoms with Crippen LogP contribution in [0.1, 0.15) is 101 Å². The molecule has 4 aliphatic rings.